The maximum absolute atomic E-state index is 12.7. The van der Waals surface area contributed by atoms with Crippen LogP contribution in [0.5, 0.6) is 5.75 Å². The third-order valence-electron chi connectivity index (χ3n) is 4.67. The Hall–Kier alpha value is -2.61. The van der Waals surface area contributed by atoms with Crippen molar-refractivity contribution in [3.05, 3.63) is 69.5 Å². The highest BCUT2D eigenvalue weighted by Crippen LogP contribution is 2.20. The Bertz CT molecular complexity index is 1100. The van der Waals surface area contributed by atoms with E-state index < -0.39 is 0 Å². The third-order valence-corrected chi connectivity index (χ3v) is 5.27. The minimum atomic E-state index is -0.142. The van der Waals surface area contributed by atoms with Gasteiger partial charge in [-0.2, -0.15) is 0 Å². The molecule has 2 N–H and O–H groups in total. The van der Waals surface area contributed by atoms with E-state index in [1.54, 1.807) is 7.11 Å². The Morgan fingerprint density at radius 1 is 1.17 bits per heavy atom. The molecule has 0 saturated heterocycles. The van der Waals surface area contributed by atoms with Crippen molar-refractivity contribution in [3.8, 4) is 5.75 Å². The molecular formula is C22H25ClN4O2S. The van der Waals surface area contributed by atoms with Crippen molar-refractivity contribution in [1.29, 1.82) is 0 Å². The summed E-state index contributed by atoms with van der Waals surface area (Å²) in [5.41, 5.74) is 2.04. The highest BCUT2D eigenvalue weighted by atomic mass is 35.5. The smallest absolute Gasteiger partial charge is 0.253 e. The van der Waals surface area contributed by atoms with Crippen molar-refractivity contribution in [2.75, 3.05) is 39.6 Å². The molecule has 0 aliphatic heterocycles. The first-order chi connectivity index (χ1) is 14.4. The number of likely N-dealkylation sites (N-methyl/N-ethyl adjacent to an activating group) is 1. The zero-order chi connectivity index (χ0) is 21.7. The van der Waals surface area contributed by atoms with Gasteiger partial charge in [0.25, 0.3) is 5.56 Å². The maximum Gasteiger partial charge on any atom is 0.253 e. The van der Waals surface area contributed by atoms with Gasteiger partial charge in [-0.25, -0.2) is 0 Å². The van der Waals surface area contributed by atoms with Crippen molar-refractivity contribution in [2.24, 2.45) is 0 Å². The van der Waals surface area contributed by atoms with E-state index in [1.165, 1.54) is 0 Å². The van der Waals surface area contributed by atoms with Crippen LogP contribution in [-0.2, 0) is 6.54 Å². The summed E-state index contributed by atoms with van der Waals surface area (Å²) in [5.74, 6) is 0.699. The predicted octanol–water partition coefficient (Wildman–Crippen LogP) is 3.95. The minimum absolute atomic E-state index is 0.142. The molecule has 3 rings (SSSR count). The average molecular weight is 445 g/mol. The molecule has 0 aliphatic rings. The number of hydrogen-bond donors (Lipinski definition) is 2. The number of hydrogen-bond acceptors (Lipinski definition) is 4. The normalized spacial score (nSPS) is 11.0. The van der Waals surface area contributed by atoms with Crippen molar-refractivity contribution >= 4 is 45.5 Å². The first kappa shape index (κ1) is 22.1. The lowest BCUT2D eigenvalue weighted by atomic mass is 10.1. The number of rotatable bonds is 7. The largest absolute Gasteiger partial charge is 0.497 e. The van der Waals surface area contributed by atoms with Crippen molar-refractivity contribution in [3.63, 3.8) is 0 Å². The fraction of sp³-hybridized carbons (Fsp3) is 0.273. The first-order valence-electron chi connectivity index (χ1n) is 9.52. The summed E-state index contributed by atoms with van der Waals surface area (Å²) < 4.78 is 5.24. The number of methoxy groups -OCH3 is 1. The lowest BCUT2D eigenvalue weighted by Gasteiger charge is -2.27. The Kier molecular flexibility index (Phi) is 7.31. The number of ether oxygens (including phenoxy) is 1. The van der Waals surface area contributed by atoms with Gasteiger partial charge in [-0.3, -0.25) is 4.79 Å². The molecule has 158 valence electrons. The van der Waals surface area contributed by atoms with Gasteiger partial charge in [-0.15, -0.1) is 0 Å². The van der Waals surface area contributed by atoms with Gasteiger partial charge in [0.15, 0.2) is 5.11 Å². The number of aromatic nitrogens is 1. The van der Waals surface area contributed by atoms with Crippen LogP contribution in [0, 0.1) is 0 Å². The molecule has 0 radical (unpaired) electrons. The van der Waals surface area contributed by atoms with Crippen LogP contribution in [0.3, 0.4) is 0 Å². The Morgan fingerprint density at radius 2 is 1.97 bits per heavy atom. The summed E-state index contributed by atoms with van der Waals surface area (Å²) in [6, 6.07) is 14.9. The molecule has 0 amide bonds. The molecule has 0 unspecified atom stereocenters. The van der Waals surface area contributed by atoms with Gasteiger partial charge in [-0.1, -0.05) is 17.7 Å². The SMILES string of the molecule is COc1ccc2cc(CN(CCN(C)C)C(=S)Nc3cccc(Cl)c3)c(=O)[nH]c2c1. The third kappa shape index (κ3) is 5.72. The lowest BCUT2D eigenvalue weighted by Crippen LogP contribution is -2.40. The van der Waals surface area contributed by atoms with Crippen LogP contribution in [0.4, 0.5) is 5.69 Å². The first-order valence-corrected chi connectivity index (χ1v) is 10.3. The zero-order valence-corrected chi connectivity index (χ0v) is 18.8. The highest BCUT2D eigenvalue weighted by Gasteiger charge is 2.14. The molecule has 6 nitrogen and oxygen atoms in total. The fourth-order valence-electron chi connectivity index (χ4n) is 3.02. The molecular weight excluding hydrogens is 420 g/mol. The number of anilines is 1. The second kappa shape index (κ2) is 9.93. The van der Waals surface area contributed by atoms with Gasteiger partial charge in [0.05, 0.1) is 19.2 Å². The van der Waals surface area contributed by atoms with E-state index in [9.17, 15) is 4.79 Å². The summed E-state index contributed by atoms with van der Waals surface area (Å²) in [4.78, 5) is 19.7. The molecule has 30 heavy (non-hydrogen) atoms. The van der Waals surface area contributed by atoms with E-state index >= 15 is 0 Å². The Labute approximate surface area is 186 Å². The van der Waals surface area contributed by atoms with Gasteiger partial charge in [0.2, 0.25) is 0 Å². The van der Waals surface area contributed by atoms with Gasteiger partial charge >= 0.3 is 0 Å². The van der Waals surface area contributed by atoms with Gasteiger partial charge in [0, 0.05) is 35.4 Å². The van der Waals surface area contributed by atoms with Crippen LogP contribution >= 0.6 is 23.8 Å². The predicted molar refractivity (Wildman–Crippen MR) is 128 cm³/mol. The van der Waals surface area contributed by atoms with E-state index in [0.29, 0.717) is 34.5 Å². The molecule has 0 aliphatic carbocycles. The number of aromatic amines is 1. The summed E-state index contributed by atoms with van der Waals surface area (Å²) >= 11 is 11.7. The second-order valence-corrected chi connectivity index (χ2v) is 8.07. The molecule has 0 bridgehead atoms. The Morgan fingerprint density at radius 3 is 2.67 bits per heavy atom. The van der Waals surface area contributed by atoms with Crippen LogP contribution < -0.4 is 15.6 Å². The van der Waals surface area contributed by atoms with E-state index in [0.717, 1.165) is 23.1 Å². The quantitative estimate of drug-likeness (QED) is 0.538. The molecule has 0 saturated carbocycles. The van der Waals surface area contributed by atoms with Gasteiger partial charge in [-0.05, 0) is 68.1 Å². The highest BCUT2D eigenvalue weighted by molar-refractivity contribution is 7.80. The number of benzene rings is 2. The standard InChI is InChI=1S/C22H25ClN4O2S/c1-26(2)9-10-27(22(30)24-18-6-4-5-17(23)12-18)14-16-11-15-7-8-19(29-3)13-20(15)25-21(16)28/h4-8,11-13H,9-10,14H2,1-3H3,(H,24,30)(H,25,28). The molecule has 1 heterocycles. The molecule has 1 aromatic heterocycles. The molecule has 2 aromatic carbocycles. The summed E-state index contributed by atoms with van der Waals surface area (Å²) in [6.45, 7) is 1.84. The Balaban J connectivity index is 1.85. The van der Waals surface area contributed by atoms with Crippen molar-refractivity contribution in [1.82, 2.24) is 14.8 Å². The number of H-pyrrole nitrogens is 1. The molecule has 3 aromatic rings. The number of pyridine rings is 1. The van der Waals surface area contributed by atoms with Crippen molar-refractivity contribution < 1.29 is 4.74 Å². The van der Waals surface area contributed by atoms with Crippen LogP contribution in [0.15, 0.2) is 53.3 Å². The van der Waals surface area contributed by atoms with Gasteiger partial charge < -0.3 is 24.8 Å². The second-order valence-electron chi connectivity index (χ2n) is 7.24. The van der Waals surface area contributed by atoms with E-state index in [-0.39, 0.29) is 5.56 Å². The van der Waals surface area contributed by atoms with E-state index in [2.05, 4.69) is 15.2 Å². The number of nitrogens with one attached hydrogen (secondary N) is 2. The fourth-order valence-corrected chi connectivity index (χ4v) is 3.48. The average Bonchev–Trinajstić information content (AvgIpc) is 2.70. The maximum atomic E-state index is 12.7. The van der Waals surface area contributed by atoms with Crippen LogP contribution in [0.2, 0.25) is 5.02 Å². The number of nitrogens with zero attached hydrogens (tertiary/aromatic N) is 2. The summed E-state index contributed by atoms with van der Waals surface area (Å²) in [6.07, 6.45) is 0. The number of fused-ring (bicyclic) bond motifs is 1. The molecule has 0 atom stereocenters. The van der Waals surface area contributed by atoms with E-state index in [1.807, 2.05) is 67.5 Å². The zero-order valence-electron chi connectivity index (χ0n) is 17.2. The van der Waals surface area contributed by atoms with Crippen LogP contribution in [0.25, 0.3) is 10.9 Å². The topological polar surface area (TPSA) is 60.6 Å². The lowest BCUT2D eigenvalue weighted by molar-refractivity contribution is 0.327. The molecule has 0 fully saturated rings. The molecule has 8 heteroatoms. The summed E-state index contributed by atoms with van der Waals surface area (Å²) in [7, 11) is 5.60. The van der Waals surface area contributed by atoms with Crippen LogP contribution in [-0.4, -0.2) is 54.2 Å². The number of thiocarbonyl (C=S) groups is 1. The monoisotopic (exact) mass is 444 g/mol. The molecule has 0 spiro atoms. The van der Waals surface area contributed by atoms with Gasteiger partial charge in [0.1, 0.15) is 5.75 Å². The van der Waals surface area contributed by atoms with Crippen LogP contribution in [0.1, 0.15) is 5.56 Å². The number of halogens is 1. The van der Waals surface area contributed by atoms with E-state index in [4.69, 9.17) is 28.6 Å². The summed E-state index contributed by atoms with van der Waals surface area (Å²) in [5, 5.41) is 5.33. The van der Waals surface area contributed by atoms with Crippen molar-refractivity contribution in [2.45, 2.75) is 6.54 Å². The minimum Gasteiger partial charge on any atom is -0.497 e.